The van der Waals surface area contributed by atoms with Gasteiger partial charge in [0.15, 0.2) is 0 Å². The lowest BCUT2D eigenvalue weighted by atomic mass is 10.0. The van der Waals surface area contributed by atoms with E-state index in [-0.39, 0.29) is 5.54 Å². The number of allylic oxidation sites excluding steroid dienone is 4. The van der Waals surface area contributed by atoms with Crippen molar-refractivity contribution in [2.45, 2.75) is 12.0 Å². The zero-order valence-corrected chi connectivity index (χ0v) is 24.8. The van der Waals surface area contributed by atoms with Crippen LogP contribution in [0.25, 0.3) is 71.6 Å². The SMILES string of the molecule is C1=CC2CC2(n2c3ccccc3c3c4c5ccc(-c6ccccc6)cc5n(-c5ccc(-c6ccccc6)cc5)c4ccc32)C=C1. The first-order chi connectivity index (χ1) is 22.3. The maximum Gasteiger partial charge on any atom is 0.0707 e. The summed E-state index contributed by atoms with van der Waals surface area (Å²) in [5.74, 6) is 0.551. The van der Waals surface area contributed by atoms with E-state index < -0.39 is 0 Å². The Labute approximate surface area is 261 Å². The Morgan fingerprint density at radius 2 is 1.11 bits per heavy atom. The van der Waals surface area contributed by atoms with E-state index in [1.54, 1.807) is 0 Å². The Kier molecular flexibility index (Phi) is 5.07. The molecule has 0 bridgehead atoms. The quantitative estimate of drug-likeness (QED) is 0.198. The molecule has 2 aliphatic carbocycles. The zero-order valence-electron chi connectivity index (χ0n) is 24.8. The van der Waals surface area contributed by atoms with Crippen molar-refractivity contribution in [3.8, 4) is 27.9 Å². The molecule has 2 aliphatic rings. The molecule has 8 aromatic rings. The van der Waals surface area contributed by atoms with Crippen LogP contribution in [0.1, 0.15) is 6.42 Å². The number of fused-ring (bicyclic) bond motifs is 8. The molecule has 1 saturated carbocycles. The lowest BCUT2D eigenvalue weighted by Gasteiger charge is -2.20. The number of rotatable bonds is 4. The van der Waals surface area contributed by atoms with Gasteiger partial charge < -0.3 is 9.13 Å². The summed E-state index contributed by atoms with van der Waals surface area (Å²) in [5, 5.41) is 5.29. The van der Waals surface area contributed by atoms with Crippen LogP contribution in [0.2, 0.25) is 0 Å². The maximum absolute atomic E-state index is 2.64. The molecule has 2 aromatic heterocycles. The minimum absolute atomic E-state index is 0.0237. The van der Waals surface area contributed by atoms with Gasteiger partial charge in [0, 0.05) is 38.7 Å². The van der Waals surface area contributed by atoms with Gasteiger partial charge >= 0.3 is 0 Å². The largest absolute Gasteiger partial charge is 0.330 e. The van der Waals surface area contributed by atoms with Crippen molar-refractivity contribution in [3.63, 3.8) is 0 Å². The number of hydrogen-bond acceptors (Lipinski definition) is 0. The molecule has 0 N–H and O–H groups in total. The Morgan fingerprint density at radius 3 is 1.89 bits per heavy atom. The van der Waals surface area contributed by atoms with Gasteiger partial charge in [0.2, 0.25) is 0 Å². The van der Waals surface area contributed by atoms with Crippen LogP contribution in [-0.2, 0) is 5.54 Å². The maximum atomic E-state index is 2.64. The van der Waals surface area contributed by atoms with Crippen molar-refractivity contribution >= 4 is 43.6 Å². The van der Waals surface area contributed by atoms with Crippen LogP contribution in [0, 0.1) is 5.92 Å². The molecule has 0 radical (unpaired) electrons. The highest BCUT2D eigenvalue weighted by molar-refractivity contribution is 6.28. The van der Waals surface area contributed by atoms with Gasteiger partial charge in [-0.3, -0.25) is 0 Å². The van der Waals surface area contributed by atoms with Crippen LogP contribution in [0.5, 0.6) is 0 Å². The van der Waals surface area contributed by atoms with Gasteiger partial charge in [-0.05, 0) is 65.1 Å². The molecule has 2 nitrogen and oxygen atoms in total. The van der Waals surface area contributed by atoms with Crippen molar-refractivity contribution in [2.75, 3.05) is 0 Å². The highest BCUT2D eigenvalue weighted by atomic mass is 15.1. The highest BCUT2D eigenvalue weighted by Crippen LogP contribution is 2.57. The monoisotopic (exact) mass is 574 g/mol. The molecule has 1 fully saturated rings. The van der Waals surface area contributed by atoms with E-state index in [0.717, 1.165) is 6.42 Å². The molecule has 6 aromatic carbocycles. The average Bonchev–Trinajstić information content (AvgIpc) is 3.63. The molecule has 212 valence electrons. The molecule has 0 saturated heterocycles. The van der Waals surface area contributed by atoms with E-state index in [9.17, 15) is 0 Å². The summed E-state index contributed by atoms with van der Waals surface area (Å²) in [6.45, 7) is 0. The third-order valence-corrected chi connectivity index (χ3v) is 10.2. The van der Waals surface area contributed by atoms with E-state index in [4.69, 9.17) is 0 Å². The van der Waals surface area contributed by atoms with Gasteiger partial charge in [0.1, 0.15) is 0 Å². The Hall–Kier alpha value is -5.60. The van der Waals surface area contributed by atoms with E-state index in [2.05, 4.69) is 173 Å². The van der Waals surface area contributed by atoms with Crippen LogP contribution < -0.4 is 0 Å². The first-order valence-corrected chi connectivity index (χ1v) is 15.9. The molecule has 2 heteroatoms. The molecule has 10 rings (SSSR count). The molecule has 2 heterocycles. The highest BCUT2D eigenvalue weighted by Gasteiger charge is 2.54. The fourth-order valence-corrected chi connectivity index (χ4v) is 8.01. The second kappa shape index (κ2) is 9.20. The van der Waals surface area contributed by atoms with E-state index >= 15 is 0 Å². The minimum atomic E-state index is 0.0237. The Bertz CT molecular complexity index is 2490. The first-order valence-electron chi connectivity index (χ1n) is 15.9. The number of hydrogen-bond donors (Lipinski definition) is 0. The summed E-state index contributed by atoms with van der Waals surface area (Å²) in [7, 11) is 0. The molecular formula is C43H30N2. The normalized spacial score (nSPS) is 18.7. The van der Waals surface area contributed by atoms with E-state index in [1.165, 1.54) is 71.6 Å². The van der Waals surface area contributed by atoms with Gasteiger partial charge in [0.25, 0.3) is 0 Å². The molecule has 2 unspecified atom stereocenters. The standard InChI is InChI=1S/C43H30N2/c1-3-11-29(12-4-1)31-18-21-34(22-19-31)44-38-24-25-39-42(41(38)36-23-20-32(27-40(36)44)30-13-5-2-6-14-30)35-16-7-8-17-37(35)45(39)43-26-10-9-15-33(43)28-43/h1-27,33H,28H2. The fraction of sp³-hybridized carbons (Fsp3) is 0.0698. The molecular weight excluding hydrogens is 544 g/mol. The van der Waals surface area contributed by atoms with Crippen molar-refractivity contribution in [2.24, 2.45) is 5.92 Å². The van der Waals surface area contributed by atoms with Gasteiger partial charge in [-0.1, -0.05) is 127 Å². The van der Waals surface area contributed by atoms with Crippen molar-refractivity contribution in [3.05, 3.63) is 164 Å². The Morgan fingerprint density at radius 1 is 0.489 bits per heavy atom. The summed E-state index contributed by atoms with van der Waals surface area (Å²) < 4.78 is 5.11. The van der Waals surface area contributed by atoms with Crippen LogP contribution in [0.15, 0.2) is 164 Å². The molecule has 0 aliphatic heterocycles. The zero-order chi connectivity index (χ0) is 29.5. The second-order valence-electron chi connectivity index (χ2n) is 12.6. The number of aromatic nitrogens is 2. The van der Waals surface area contributed by atoms with Gasteiger partial charge in [-0.25, -0.2) is 0 Å². The number of para-hydroxylation sites is 1. The van der Waals surface area contributed by atoms with Gasteiger partial charge in [-0.15, -0.1) is 0 Å². The number of benzene rings is 6. The molecule has 0 amide bonds. The smallest absolute Gasteiger partial charge is 0.0707 e. The summed E-state index contributed by atoms with van der Waals surface area (Å²) in [6.07, 6.45) is 10.4. The summed E-state index contributed by atoms with van der Waals surface area (Å²) >= 11 is 0. The van der Waals surface area contributed by atoms with Crippen molar-refractivity contribution in [1.29, 1.82) is 0 Å². The summed E-state index contributed by atoms with van der Waals surface area (Å²) in [6, 6.07) is 51.2. The van der Waals surface area contributed by atoms with Crippen LogP contribution in [-0.4, -0.2) is 9.13 Å². The van der Waals surface area contributed by atoms with Crippen LogP contribution in [0.4, 0.5) is 0 Å². The minimum Gasteiger partial charge on any atom is -0.330 e. The van der Waals surface area contributed by atoms with Crippen molar-refractivity contribution in [1.82, 2.24) is 9.13 Å². The second-order valence-corrected chi connectivity index (χ2v) is 12.6. The fourth-order valence-electron chi connectivity index (χ4n) is 8.01. The van der Waals surface area contributed by atoms with Gasteiger partial charge in [-0.2, -0.15) is 0 Å². The topological polar surface area (TPSA) is 9.86 Å². The van der Waals surface area contributed by atoms with Crippen LogP contribution in [0.3, 0.4) is 0 Å². The van der Waals surface area contributed by atoms with Crippen molar-refractivity contribution < 1.29 is 0 Å². The van der Waals surface area contributed by atoms with Gasteiger partial charge in [0.05, 0.1) is 22.1 Å². The predicted octanol–water partition coefficient (Wildman–Crippen LogP) is 11.1. The molecule has 2 atom stereocenters. The first kappa shape index (κ1) is 24.8. The molecule has 0 spiro atoms. The van der Waals surface area contributed by atoms with E-state index in [0.29, 0.717) is 5.92 Å². The number of nitrogens with zero attached hydrogens (tertiary/aromatic N) is 2. The third-order valence-electron chi connectivity index (χ3n) is 10.2. The lowest BCUT2D eigenvalue weighted by molar-refractivity contribution is 0.601. The average molecular weight is 575 g/mol. The lowest BCUT2D eigenvalue weighted by Crippen LogP contribution is -2.17. The van der Waals surface area contributed by atoms with Crippen LogP contribution >= 0.6 is 0 Å². The Balaban J connectivity index is 1.30. The predicted molar refractivity (Wildman–Crippen MR) is 189 cm³/mol. The van der Waals surface area contributed by atoms with E-state index in [1.807, 2.05) is 0 Å². The summed E-state index contributed by atoms with van der Waals surface area (Å²) in [4.78, 5) is 0. The summed E-state index contributed by atoms with van der Waals surface area (Å²) in [5.41, 5.74) is 11.2. The molecule has 45 heavy (non-hydrogen) atoms. The third kappa shape index (κ3) is 3.51.